The van der Waals surface area contributed by atoms with Crippen molar-refractivity contribution in [2.75, 3.05) is 41.0 Å². The summed E-state index contributed by atoms with van der Waals surface area (Å²) < 4.78 is 16.1. The van der Waals surface area contributed by atoms with Crippen LogP contribution in [0.3, 0.4) is 0 Å². The van der Waals surface area contributed by atoms with Gasteiger partial charge in [0.1, 0.15) is 0 Å². The molecule has 0 aromatic heterocycles. The van der Waals surface area contributed by atoms with Crippen molar-refractivity contribution in [1.29, 1.82) is 0 Å². The third-order valence-corrected chi connectivity index (χ3v) is 6.66. The molecule has 2 heterocycles. The van der Waals surface area contributed by atoms with Crippen LogP contribution in [0.5, 0.6) is 11.5 Å². The topological polar surface area (TPSA) is 77.5 Å². The van der Waals surface area contributed by atoms with Gasteiger partial charge in [-0.25, -0.2) is 5.06 Å². The Bertz CT molecular complexity index is 804. The number of carbonyl (C=O) groups is 2. The number of likely N-dealkylation sites (tertiary alicyclic amines) is 1. The lowest BCUT2D eigenvalue weighted by molar-refractivity contribution is -0.224. The third kappa shape index (κ3) is 4.86. The summed E-state index contributed by atoms with van der Waals surface area (Å²) in [6, 6.07) is 5.86. The molecule has 0 aliphatic carbocycles. The number of benzene rings is 1. The van der Waals surface area contributed by atoms with Gasteiger partial charge in [0, 0.05) is 31.6 Å². The van der Waals surface area contributed by atoms with Crippen LogP contribution in [-0.2, 0) is 25.7 Å². The Morgan fingerprint density at radius 2 is 1.88 bits per heavy atom. The van der Waals surface area contributed by atoms with E-state index in [4.69, 9.17) is 19.0 Å². The third-order valence-electron chi connectivity index (χ3n) is 6.66. The van der Waals surface area contributed by atoms with E-state index in [1.165, 1.54) is 12.2 Å². The second-order valence-electron chi connectivity index (χ2n) is 9.02. The standard InChI is InChI=1S/C24H36N2O6/c1-17(2)9-14-32-26-21(27)15-19(23(28)31-5)24(26)10-12-25(13-11-24)16-18-7-6-8-20(29-3)22(18)30-4/h6-8,17,19H,9-16H2,1-5H3/t19-/m0/s1. The van der Waals surface area contributed by atoms with Crippen molar-refractivity contribution in [2.24, 2.45) is 11.8 Å². The Kier molecular flexibility index (Phi) is 8.00. The Morgan fingerprint density at radius 3 is 2.47 bits per heavy atom. The van der Waals surface area contributed by atoms with Crippen molar-refractivity contribution in [2.45, 2.75) is 51.6 Å². The molecule has 2 saturated heterocycles. The molecule has 1 atom stereocenters. The molecule has 8 heteroatoms. The largest absolute Gasteiger partial charge is 0.493 e. The van der Waals surface area contributed by atoms with E-state index in [9.17, 15) is 9.59 Å². The van der Waals surface area contributed by atoms with Gasteiger partial charge in [0.15, 0.2) is 11.5 Å². The van der Waals surface area contributed by atoms with Gasteiger partial charge >= 0.3 is 5.97 Å². The monoisotopic (exact) mass is 448 g/mol. The number of esters is 1. The zero-order valence-electron chi connectivity index (χ0n) is 19.9. The highest BCUT2D eigenvalue weighted by Crippen LogP contribution is 2.45. The second-order valence-corrected chi connectivity index (χ2v) is 9.02. The van der Waals surface area contributed by atoms with E-state index in [0.29, 0.717) is 37.7 Å². The molecule has 32 heavy (non-hydrogen) atoms. The summed E-state index contributed by atoms with van der Waals surface area (Å²) in [6.07, 6.45) is 2.28. The van der Waals surface area contributed by atoms with Gasteiger partial charge in [-0.1, -0.05) is 26.0 Å². The number of amides is 1. The maximum atomic E-state index is 12.8. The molecule has 178 valence electrons. The second kappa shape index (κ2) is 10.5. The normalized spacial score (nSPS) is 20.8. The first-order chi connectivity index (χ1) is 15.4. The molecule has 2 fully saturated rings. The van der Waals surface area contributed by atoms with Crippen molar-refractivity contribution in [3.63, 3.8) is 0 Å². The quantitative estimate of drug-likeness (QED) is 0.538. The van der Waals surface area contributed by atoms with Crippen molar-refractivity contribution in [3.05, 3.63) is 23.8 Å². The van der Waals surface area contributed by atoms with E-state index in [1.807, 2.05) is 18.2 Å². The predicted molar refractivity (Wildman–Crippen MR) is 119 cm³/mol. The average molecular weight is 449 g/mol. The number of nitrogens with zero attached hydrogens (tertiary/aromatic N) is 2. The molecule has 1 spiro atoms. The summed E-state index contributed by atoms with van der Waals surface area (Å²) in [6.45, 7) is 6.85. The molecule has 3 rings (SSSR count). The van der Waals surface area contributed by atoms with Crippen molar-refractivity contribution >= 4 is 11.9 Å². The molecule has 0 bridgehead atoms. The van der Waals surface area contributed by atoms with Crippen molar-refractivity contribution in [3.8, 4) is 11.5 Å². The van der Waals surface area contributed by atoms with Crippen molar-refractivity contribution in [1.82, 2.24) is 9.96 Å². The van der Waals surface area contributed by atoms with E-state index in [1.54, 1.807) is 14.2 Å². The number of methoxy groups -OCH3 is 3. The molecule has 2 aliphatic rings. The number of hydroxylamine groups is 2. The molecule has 1 aromatic rings. The minimum absolute atomic E-state index is 0.132. The highest BCUT2D eigenvalue weighted by molar-refractivity contribution is 5.88. The molecular weight excluding hydrogens is 412 g/mol. The number of rotatable bonds is 9. The van der Waals surface area contributed by atoms with E-state index in [2.05, 4.69) is 18.7 Å². The van der Waals surface area contributed by atoms with Crippen molar-refractivity contribution < 1.29 is 28.6 Å². The minimum atomic E-state index is -0.657. The zero-order chi connectivity index (χ0) is 23.3. The highest BCUT2D eigenvalue weighted by atomic mass is 16.7. The van der Waals surface area contributed by atoms with Gasteiger partial charge in [-0.3, -0.25) is 19.3 Å². The highest BCUT2D eigenvalue weighted by Gasteiger charge is 2.58. The maximum Gasteiger partial charge on any atom is 0.311 e. The van der Waals surface area contributed by atoms with Crippen LogP contribution >= 0.6 is 0 Å². The van der Waals surface area contributed by atoms with Gasteiger partial charge in [-0.15, -0.1) is 0 Å². The summed E-state index contributed by atoms with van der Waals surface area (Å²) in [4.78, 5) is 33.7. The van der Waals surface area contributed by atoms with Crippen LogP contribution in [0.2, 0.25) is 0 Å². The first-order valence-electron chi connectivity index (χ1n) is 11.3. The molecular formula is C24H36N2O6. The van der Waals surface area contributed by atoms with Crippen LogP contribution < -0.4 is 9.47 Å². The fraction of sp³-hybridized carbons (Fsp3) is 0.667. The smallest absolute Gasteiger partial charge is 0.311 e. The van der Waals surface area contributed by atoms with Gasteiger partial charge < -0.3 is 14.2 Å². The maximum absolute atomic E-state index is 12.8. The summed E-state index contributed by atoms with van der Waals surface area (Å²) in [5.41, 5.74) is 0.385. The Balaban J connectivity index is 1.75. The molecule has 0 saturated carbocycles. The van der Waals surface area contributed by atoms with Gasteiger partial charge in [0.05, 0.1) is 39.4 Å². The van der Waals surface area contributed by atoms with Gasteiger partial charge in [-0.2, -0.15) is 0 Å². The van der Waals surface area contributed by atoms with Crippen LogP contribution in [0.1, 0.15) is 45.1 Å². The summed E-state index contributed by atoms with van der Waals surface area (Å²) >= 11 is 0. The minimum Gasteiger partial charge on any atom is -0.493 e. The van der Waals surface area contributed by atoms with Crippen LogP contribution in [0.25, 0.3) is 0 Å². The first-order valence-corrected chi connectivity index (χ1v) is 11.3. The van der Waals surface area contributed by atoms with Crippen LogP contribution in [0.15, 0.2) is 18.2 Å². The molecule has 0 radical (unpaired) electrons. The number of carbonyl (C=O) groups excluding carboxylic acids is 2. The lowest BCUT2D eigenvalue weighted by atomic mass is 9.77. The van der Waals surface area contributed by atoms with Crippen LogP contribution in [-0.4, -0.2) is 68.4 Å². The molecule has 1 aromatic carbocycles. The summed E-state index contributed by atoms with van der Waals surface area (Å²) in [7, 11) is 4.65. The summed E-state index contributed by atoms with van der Waals surface area (Å²) in [5.74, 6) is 0.934. The van der Waals surface area contributed by atoms with E-state index in [-0.39, 0.29) is 18.3 Å². The first kappa shape index (κ1) is 24.3. The summed E-state index contributed by atoms with van der Waals surface area (Å²) in [5, 5.41) is 1.51. The van der Waals surface area contributed by atoms with Crippen LogP contribution in [0, 0.1) is 11.8 Å². The molecule has 1 amide bonds. The SMILES string of the molecule is COC(=O)[C@@H]1CC(=O)N(OCCC(C)C)C12CCN(Cc1cccc(OC)c1OC)CC2. The van der Waals surface area contributed by atoms with Crippen LogP contribution in [0.4, 0.5) is 0 Å². The number of hydrogen-bond acceptors (Lipinski definition) is 7. The molecule has 0 N–H and O–H groups in total. The fourth-order valence-electron chi connectivity index (χ4n) is 4.83. The van der Waals surface area contributed by atoms with Gasteiger partial charge in [-0.05, 0) is 31.2 Å². The van der Waals surface area contributed by atoms with Gasteiger partial charge in [0.2, 0.25) is 5.91 Å². The Labute approximate surface area is 190 Å². The lowest BCUT2D eigenvalue weighted by Gasteiger charge is -2.46. The number of piperidine rings is 1. The predicted octanol–water partition coefficient (Wildman–Crippen LogP) is 3.04. The Morgan fingerprint density at radius 1 is 1.16 bits per heavy atom. The van der Waals surface area contributed by atoms with E-state index < -0.39 is 11.5 Å². The molecule has 0 unspecified atom stereocenters. The average Bonchev–Trinajstić information content (AvgIpc) is 3.05. The van der Waals surface area contributed by atoms with E-state index in [0.717, 1.165) is 30.8 Å². The molecule has 8 nitrogen and oxygen atoms in total. The number of ether oxygens (including phenoxy) is 3. The zero-order valence-corrected chi connectivity index (χ0v) is 19.9. The number of hydrogen-bond donors (Lipinski definition) is 0. The number of para-hydroxylation sites is 1. The van der Waals surface area contributed by atoms with E-state index >= 15 is 0 Å². The fourth-order valence-corrected chi connectivity index (χ4v) is 4.83. The van der Waals surface area contributed by atoms with Gasteiger partial charge in [0.25, 0.3) is 0 Å². The Hall–Kier alpha value is -2.32. The molecule has 2 aliphatic heterocycles. The lowest BCUT2D eigenvalue weighted by Crippen LogP contribution is -2.57.